The van der Waals surface area contributed by atoms with Crippen molar-refractivity contribution in [3.8, 4) is 0 Å². The number of pyridine rings is 1. The summed E-state index contributed by atoms with van der Waals surface area (Å²) in [5.74, 6) is -0.204. The summed E-state index contributed by atoms with van der Waals surface area (Å²) in [7, 11) is 0. The molecule has 0 aliphatic rings. The number of rotatable bonds is 3. The normalized spacial score (nSPS) is 14.3. The van der Waals surface area contributed by atoms with Gasteiger partial charge in [0.2, 0.25) is 0 Å². The van der Waals surface area contributed by atoms with Crippen molar-refractivity contribution in [2.75, 3.05) is 0 Å². The summed E-state index contributed by atoms with van der Waals surface area (Å²) in [6.45, 7) is 2.00. The van der Waals surface area contributed by atoms with Crippen molar-refractivity contribution in [3.05, 3.63) is 65.7 Å². The van der Waals surface area contributed by atoms with E-state index in [1.54, 1.807) is 12.3 Å². The SMILES string of the molecule is CC(c1ccccn1)C(N)c1cccc(F)c1. The molecule has 2 rings (SSSR count). The van der Waals surface area contributed by atoms with E-state index in [2.05, 4.69) is 4.98 Å². The molecule has 0 aliphatic heterocycles. The molecule has 3 heteroatoms. The lowest BCUT2D eigenvalue weighted by Crippen LogP contribution is -2.18. The molecule has 2 N–H and O–H groups in total. The number of nitrogens with zero attached hydrogens (tertiary/aromatic N) is 1. The molecule has 0 saturated carbocycles. The van der Waals surface area contributed by atoms with Gasteiger partial charge in [0.05, 0.1) is 0 Å². The monoisotopic (exact) mass is 230 g/mol. The molecule has 0 bridgehead atoms. The van der Waals surface area contributed by atoms with Crippen molar-refractivity contribution in [2.24, 2.45) is 5.73 Å². The Hall–Kier alpha value is -1.74. The van der Waals surface area contributed by atoms with Crippen LogP contribution in [0.1, 0.15) is 30.1 Å². The Morgan fingerprint density at radius 1 is 1.18 bits per heavy atom. The van der Waals surface area contributed by atoms with Gasteiger partial charge in [0.1, 0.15) is 5.82 Å². The third-order valence-corrected chi connectivity index (χ3v) is 2.93. The van der Waals surface area contributed by atoms with Crippen molar-refractivity contribution >= 4 is 0 Å². The number of hydrogen-bond acceptors (Lipinski definition) is 2. The highest BCUT2D eigenvalue weighted by Crippen LogP contribution is 2.27. The molecule has 0 amide bonds. The molecular formula is C14H15FN2. The highest BCUT2D eigenvalue weighted by Gasteiger charge is 2.17. The average Bonchev–Trinajstić information content (AvgIpc) is 2.38. The van der Waals surface area contributed by atoms with Gasteiger partial charge in [-0.1, -0.05) is 25.1 Å². The third-order valence-electron chi connectivity index (χ3n) is 2.93. The van der Waals surface area contributed by atoms with Crippen molar-refractivity contribution in [3.63, 3.8) is 0 Å². The fourth-order valence-electron chi connectivity index (χ4n) is 1.83. The number of nitrogens with two attached hydrogens (primary N) is 1. The molecule has 0 radical (unpaired) electrons. The Kier molecular flexibility index (Phi) is 3.49. The van der Waals surface area contributed by atoms with Crippen LogP contribution in [0.2, 0.25) is 0 Å². The second-order valence-electron chi connectivity index (χ2n) is 4.12. The first-order chi connectivity index (χ1) is 8.18. The van der Waals surface area contributed by atoms with Gasteiger partial charge in [-0.3, -0.25) is 4.98 Å². The summed E-state index contributed by atoms with van der Waals surface area (Å²) < 4.78 is 13.1. The van der Waals surface area contributed by atoms with Crippen molar-refractivity contribution in [1.82, 2.24) is 4.98 Å². The quantitative estimate of drug-likeness (QED) is 0.880. The largest absolute Gasteiger partial charge is 0.323 e. The van der Waals surface area contributed by atoms with Crippen LogP contribution < -0.4 is 5.73 Å². The van der Waals surface area contributed by atoms with Crippen LogP contribution in [0.4, 0.5) is 4.39 Å². The Labute approximate surface area is 100 Å². The summed E-state index contributed by atoms with van der Waals surface area (Å²) in [6, 6.07) is 11.9. The lowest BCUT2D eigenvalue weighted by molar-refractivity contribution is 0.572. The molecule has 2 unspecified atom stereocenters. The van der Waals surface area contributed by atoms with Crippen LogP contribution in [0.15, 0.2) is 48.7 Å². The second kappa shape index (κ2) is 5.06. The average molecular weight is 230 g/mol. The smallest absolute Gasteiger partial charge is 0.123 e. The molecule has 1 heterocycles. The van der Waals surface area contributed by atoms with Crippen LogP contribution in [-0.4, -0.2) is 4.98 Å². The zero-order valence-corrected chi connectivity index (χ0v) is 9.68. The van der Waals surface area contributed by atoms with E-state index in [1.165, 1.54) is 12.1 Å². The Bertz CT molecular complexity index is 485. The van der Waals surface area contributed by atoms with E-state index in [9.17, 15) is 4.39 Å². The van der Waals surface area contributed by atoms with Crippen LogP contribution in [0.5, 0.6) is 0 Å². The zero-order valence-electron chi connectivity index (χ0n) is 9.68. The molecule has 2 aromatic rings. The standard InChI is InChI=1S/C14H15FN2/c1-10(13-7-2-3-8-17-13)14(16)11-5-4-6-12(15)9-11/h2-10,14H,16H2,1H3. The van der Waals surface area contributed by atoms with Gasteiger partial charge in [0, 0.05) is 23.9 Å². The topological polar surface area (TPSA) is 38.9 Å². The predicted molar refractivity (Wildman–Crippen MR) is 66.0 cm³/mol. The molecule has 1 aromatic heterocycles. The maximum absolute atomic E-state index is 13.1. The van der Waals surface area contributed by atoms with Crippen molar-refractivity contribution in [1.29, 1.82) is 0 Å². The number of benzene rings is 1. The van der Waals surface area contributed by atoms with E-state index < -0.39 is 0 Å². The van der Waals surface area contributed by atoms with Crippen LogP contribution in [0, 0.1) is 5.82 Å². The number of halogens is 1. The molecule has 0 aliphatic carbocycles. The van der Waals surface area contributed by atoms with Gasteiger partial charge in [-0.25, -0.2) is 4.39 Å². The summed E-state index contributed by atoms with van der Waals surface area (Å²) in [5.41, 5.74) is 7.85. The van der Waals surface area contributed by atoms with Crippen molar-refractivity contribution in [2.45, 2.75) is 18.9 Å². The molecule has 0 fully saturated rings. The minimum absolute atomic E-state index is 0.0537. The van der Waals surface area contributed by atoms with Crippen LogP contribution in [0.3, 0.4) is 0 Å². The predicted octanol–water partition coefficient (Wildman–Crippen LogP) is 3.02. The Morgan fingerprint density at radius 3 is 2.65 bits per heavy atom. The van der Waals surface area contributed by atoms with Gasteiger partial charge >= 0.3 is 0 Å². The van der Waals surface area contributed by atoms with Gasteiger partial charge in [-0.05, 0) is 29.8 Å². The number of hydrogen-bond donors (Lipinski definition) is 1. The first-order valence-corrected chi connectivity index (χ1v) is 5.60. The fraction of sp³-hybridized carbons (Fsp3) is 0.214. The van der Waals surface area contributed by atoms with Crippen LogP contribution in [-0.2, 0) is 0 Å². The Balaban J connectivity index is 2.23. The minimum atomic E-state index is -0.258. The first kappa shape index (κ1) is 11.7. The van der Waals surface area contributed by atoms with E-state index in [-0.39, 0.29) is 17.8 Å². The van der Waals surface area contributed by atoms with E-state index in [0.717, 1.165) is 11.3 Å². The van der Waals surface area contributed by atoms with Gasteiger partial charge in [-0.2, -0.15) is 0 Å². The lowest BCUT2D eigenvalue weighted by atomic mass is 9.92. The molecule has 88 valence electrons. The maximum atomic E-state index is 13.1. The van der Waals surface area contributed by atoms with Crippen LogP contribution in [0.25, 0.3) is 0 Å². The van der Waals surface area contributed by atoms with Crippen LogP contribution >= 0.6 is 0 Å². The third kappa shape index (κ3) is 2.68. The highest BCUT2D eigenvalue weighted by atomic mass is 19.1. The second-order valence-corrected chi connectivity index (χ2v) is 4.12. The van der Waals surface area contributed by atoms with Crippen molar-refractivity contribution < 1.29 is 4.39 Å². The number of aromatic nitrogens is 1. The molecule has 0 spiro atoms. The summed E-state index contributed by atoms with van der Waals surface area (Å²) >= 11 is 0. The Morgan fingerprint density at radius 2 is 2.00 bits per heavy atom. The van der Waals surface area contributed by atoms with Gasteiger partial charge < -0.3 is 5.73 Å². The highest BCUT2D eigenvalue weighted by molar-refractivity contribution is 5.24. The first-order valence-electron chi connectivity index (χ1n) is 5.60. The molecular weight excluding hydrogens is 215 g/mol. The fourth-order valence-corrected chi connectivity index (χ4v) is 1.83. The summed E-state index contributed by atoms with van der Waals surface area (Å²) in [5, 5.41) is 0. The molecule has 1 aromatic carbocycles. The summed E-state index contributed by atoms with van der Waals surface area (Å²) in [6.07, 6.45) is 1.74. The molecule has 2 nitrogen and oxygen atoms in total. The van der Waals surface area contributed by atoms with Gasteiger partial charge in [0.25, 0.3) is 0 Å². The van der Waals surface area contributed by atoms with E-state index in [0.29, 0.717) is 0 Å². The van der Waals surface area contributed by atoms with E-state index in [4.69, 9.17) is 5.73 Å². The molecule has 0 saturated heterocycles. The van der Waals surface area contributed by atoms with E-state index >= 15 is 0 Å². The minimum Gasteiger partial charge on any atom is -0.323 e. The van der Waals surface area contributed by atoms with Gasteiger partial charge in [-0.15, -0.1) is 0 Å². The summed E-state index contributed by atoms with van der Waals surface area (Å²) in [4.78, 5) is 4.27. The zero-order chi connectivity index (χ0) is 12.3. The van der Waals surface area contributed by atoms with E-state index in [1.807, 2.05) is 31.2 Å². The molecule has 17 heavy (non-hydrogen) atoms. The van der Waals surface area contributed by atoms with Gasteiger partial charge in [0.15, 0.2) is 0 Å². The maximum Gasteiger partial charge on any atom is 0.123 e. The molecule has 2 atom stereocenters. The lowest BCUT2D eigenvalue weighted by Gasteiger charge is -2.19.